The van der Waals surface area contributed by atoms with E-state index >= 15 is 0 Å². The third-order valence-electron chi connectivity index (χ3n) is 1.77. The van der Waals surface area contributed by atoms with Gasteiger partial charge in [-0.1, -0.05) is 24.8 Å². The summed E-state index contributed by atoms with van der Waals surface area (Å²) in [7, 11) is 0. The summed E-state index contributed by atoms with van der Waals surface area (Å²) in [4.78, 5) is 0. The Hall–Kier alpha value is -1.59. The van der Waals surface area contributed by atoms with Crippen molar-refractivity contribution >= 4 is 5.57 Å². The van der Waals surface area contributed by atoms with Gasteiger partial charge in [-0.3, -0.25) is 0 Å². The molecule has 0 heterocycles. The topological polar surface area (TPSA) is 9.23 Å². The molecule has 0 amide bonds. The lowest BCUT2D eigenvalue weighted by Crippen LogP contribution is -2.12. The summed E-state index contributed by atoms with van der Waals surface area (Å²) in [6.45, 7) is -0.364. The summed E-state index contributed by atoms with van der Waals surface area (Å²) >= 11 is 0. The average molecular weight is 238 g/mol. The number of allylic oxidation sites excluding steroid dienone is 1. The Morgan fingerprint density at radius 2 is 1.75 bits per heavy atom. The van der Waals surface area contributed by atoms with Gasteiger partial charge in [0.2, 0.25) is 0 Å². The van der Waals surface area contributed by atoms with Crippen LogP contribution in [0.2, 0.25) is 0 Å². The molecule has 6 heteroatoms. The molecule has 1 nitrogen and oxygen atoms in total. The highest BCUT2D eigenvalue weighted by Gasteiger charge is 2.34. The number of hydrogen-bond acceptors (Lipinski definition) is 1. The van der Waals surface area contributed by atoms with Crippen molar-refractivity contribution in [3.63, 3.8) is 0 Å². The summed E-state index contributed by atoms with van der Waals surface area (Å²) in [6, 6.07) is 4.63. The summed E-state index contributed by atoms with van der Waals surface area (Å²) in [5, 5.41) is 0. The van der Waals surface area contributed by atoms with Gasteiger partial charge in [-0.05, 0) is 6.07 Å². The number of para-hydroxylation sites is 1. The van der Waals surface area contributed by atoms with Gasteiger partial charge in [-0.25, -0.2) is 0 Å². The molecule has 0 aliphatic carbocycles. The highest BCUT2D eigenvalue weighted by atomic mass is 19.4. The fourth-order valence-corrected chi connectivity index (χ4v) is 1.07. The van der Waals surface area contributed by atoms with E-state index in [0.717, 1.165) is 12.1 Å². The molecule has 1 aromatic carbocycles. The van der Waals surface area contributed by atoms with Crippen LogP contribution in [-0.2, 0) is 0 Å². The molecule has 0 spiro atoms. The van der Waals surface area contributed by atoms with Crippen molar-refractivity contribution in [1.82, 2.24) is 0 Å². The quantitative estimate of drug-likeness (QED) is 0.726. The Bertz CT molecular complexity index is 383. The average Bonchev–Trinajstić information content (AvgIpc) is 2.15. The molecule has 0 fully saturated rings. The zero-order valence-corrected chi connectivity index (χ0v) is 7.89. The molecule has 88 valence electrons. The second-order valence-electron chi connectivity index (χ2n) is 2.85. The molecule has 1 aromatic rings. The standard InChI is InChI=1S/C10H7F5O/c1-6(10(13,14)15)7-4-2-3-5-8(7)16-9(11)12/h2-5,9H,1H2. The molecular weight excluding hydrogens is 231 g/mol. The molecule has 0 saturated carbocycles. The minimum atomic E-state index is -4.68. The van der Waals surface area contributed by atoms with Crippen LogP contribution in [0.15, 0.2) is 30.8 Å². The van der Waals surface area contributed by atoms with Crippen molar-refractivity contribution in [2.45, 2.75) is 12.8 Å². The van der Waals surface area contributed by atoms with Crippen molar-refractivity contribution in [2.24, 2.45) is 0 Å². The van der Waals surface area contributed by atoms with E-state index < -0.39 is 29.7 Å². The van der Waals surface area contributed by atoms with Crippen LogP contribution in [-0.4, -0.2) is 12.8 Å². The molecule has 0 unspecified atom stereocenters. The van der Waals surface area contributed by atoms with Crippen LogP contribution in [0.1, 0.15) is 5.56 Å². The summed E-state index contributed by atoms with van der Waals surface area (Å²) in [5.74, 6) is -0.542. The van der Waals surface area contributed by atoms with Crippen molar-refractivity contribution in [3.8, 4) is 5.75 Å². The Balaban J connectivity index is 3.09. The van der Waals surface area contributed by atoms with Crippen LogP contribution in [0.3, 0.4) is 0 Å². The highest BCUT2D eigenvalue weighted by molar-refractivity contribution is 5.72. The highest BCUT2D eigenvalue weighted by Crippen LogP contribution is 2.37. The van der Waals surface area contributed by atoms with Crippen LogP contribution in [0.5, 0.6) is 5.75 Å². The van der Waals surface area contributed by atoms with E-state index in [0.29, 0.717) is 0 Å². The number of benzene rings is 1. The number of alkyl halides is 5. The third-order valence-corrected chi connectivity index (χ3v) is 1.77. The van der Waals surface area contributed by atoms with Crippen LogP contribution in [0.25, 0.3) is 5.57 Å². The molecule has 0 radical (unpaired) electrons. The first-order valence-electron chi connectivity index (χ1n) is 4.12. The van der Waals surface area contributed by atoms with Gasteiger partial charge in [0.25, 0.3) is 0 Å². The predicted octanol–water partition coefficient (Wildman–Crippen LogP) is 3.86. The van der Waals surface area contributed by atoms with Crippen molar-refractivity contribution in [3.05, 3.63) is 36.4 Å². The fourth-order valence-electron chi connectivity index (χ4n) is 1.07. The fraction of sp³-hybridized carbons (Fsp3) is 0.200. The molecule has 0 saturated heterocycles. The zero-order valence-electron chi connectivity index (χ0n) is 7.89. The van der Waals surface area contributed by atoms with E-state index in [1.165, 1.54) is 12.1 Å². The maximum Gasteiger partial charge on any atom is 0.416 e. The SMILES string of the molecule is C=C(c1ccccc1OC(F)F)C(F)(F)F. The van der Waals surface area contributed by atoms with Crippen LogP contribution in [0.4, 0.5) is 22.0 Å². The molecule has 0 bridgehead atoms. The Kier molecular flexibility index (Phi) is 3.51. The van der Waals surface area contributed by atoms with Crippen molar-refractivity contribution in [2.75, 3.05) is 0 Å². The second kappa shape index (κ2) is 4.51. The molecular formula is C10H7F5O. The summed E-state index contributed by atoms with van der Waals surface area (Å²) in [6.07, 6.45) is -4.68. The van der Waals surface area contributed by atoms with E-state index in [9.17, 15) is 22.0 Å². The van der Waals surface area contributed by atoms with Gasteiger partial charge in [-0.15, -0.1) is 0 Å². The first kappa shape index (κ1) is 12.5. The molecule has 0 N–H and O–H groups in total. The lowest BCUT2D eigenvalue weighted by Gasteiger charge is -2.14. The molecule has 1 rings (SSSR count). The first-order chi connectivity index (χ1) is 7.32. The number of halogens is 5. The van der Waals surface area contributed by atoms with Gasteiger partial charge in [0.1, 0.15) is 5.75 Å². The molecule has 0 atom stereocenters. The van der Waals surface area contributed by atoms with E-state index in [1.54, 1.807) is 0 Å². The minimum Gasteiger partial charge on any atom is -0.434 e. The number of hydrogen-bond donors (Lipinski definition) is 0. The molecule has 0 aliphatic rings. The lowest BCUT2D eigenvalue weighted by atomic mass is 10.1. The number of rotatable bonds is 3. The predicted molar refractivity (Wildman–Crippen MR) is 48.2 cm³/mol. The van der Waals surface area contributed by atoms with Crippen LogP contribution in [0, 0.1) is 0 Å². The largest absolute Gasteiger partial charge is 0.434 e. The Morgan fingerprint density at radius 1 is 1.19 bits per heavy atom. The third kappa shape index (κ3) is 2.95. The molecule has 16 heavy (non-hydrogen) atoms. The normalized spacial score (nSPS) is 11.6. The smallest absolute Gasteiger partial charge is 0.416 e. The Labute approximate surface area is 88.1 Å². The van der Waals surface area contributed by atoms with Crippen molar-refractivity contribution < 1.29 is 26.7 Å². The maximum atomic E-state index is 12.3. The van der Waals surface area contributed by atoms with Crippen LogP contribution < -0.4 is 4.74 Å². The maximum absolute atomic E-state index is 12.3. The van der Waals surface area contributed by atoms with E-state index in [1.807, 2.05) is 0 Å². The number of ether oxygens (including phenoxy) is 1. The Morgan fingerprint density at radius 3 is 2.25 bits per heavy atom. The monoisotopic (exact) mass is 238 g/mol. The van der Waals surface area contributed by atoms with Gasteiger partial charge in [-0.2, -0.15) is 22.0 Å². The van der Waals surface area contributed by atoms with Gasteiger partial charge in [0.05, 0.1) is 5.57 Å². The van der Waals surface area contributed by atoms with Crippen LogP contribution >= 0.6 is 0 Å². The van der Waals surface area contributed by atoms with E-state index in [-0.39, 0.29) is 0 Å². The van der Waals surface area contributed by atoms with Gasteiger partial charge >= 0.3 is 12.8 Å². The van der Waals surface area contributed by atoms with Gasteiger partial charge in [0.15, 0.2) is 0 Å². The molecule has 0 aromatic heterocycles. The van der Waals surface area contributed by atoms with Gasteiger partial charge in [0, 0.05) is 5.56 Å². The van der Waals surface area contributed by atoms with Crippen molar-refractivity contribution in [1.29, 1.82) is 0 Å². The molecule has 0 aliphatic heterocycles. The second-order valence-corrected chi connectivity index (χ2v) is 2.85. The summed E-state index contributed by atoms with van der Waals surface area (Å²) < 4.78 is 64.8. The zero-order chi connectivity index (χ0) is 12.3. The lowest BCUT2D eigenvalue weighted by molar-refractivity contribution is -0.0704. The minimum absolute atomic E-state index is 0.490. The van der Waals surface area contributed by atoms with E-state index in [2.05, 4.69) is 11.3 Å². The first-order valence-corrected chi connectivity index (χ1v) is 4.12. The van der Waals surface area contributed by atoms with E-state index in [4.69, 9.17) is 0 Å². The summed E-state index contributed by atoms with van der Waals surface area (Å²) in [5.41, 5.74) is -1.71. The van der Waals surface area contributed by atoms with Gasteiger partial charge < -0.3 is 4.74 Å².